The third-order valence-electron chi connectivity index (χ3n) is 2.33. The Labute approximate surface area is 115 Å². The molecule has 0 fully saturated rings. The molecule has 0 atom stereocenters. The van der Waals surface area contributed by atoms with Crippen molar-refractivity contribution in [2.75, 3.05) is 0 Å². The summed E-state index contributed by atoms with van der Waals surface area (Å²) in [6, 6.07) is 4.70. The summed E-state index contributed by atoms with van der Waals surface area (Å²) in [6.45, 7) is 0. The number of hydrogen-bond donors (Lipinski definition) is 1. The van der Waals surface area contributed by atoms with Gasteiger partial charge >= 0.3 is 11.7 Å². The number of benzene rings is 1. The van der Waals surface area contributed by atoms with E-state index in [1.54, 1.807) is 4.98 Å². The Hall–Kier alpha value is -3.03. The molecule has 0 aliphatic carbocycles. The lowest BCUT2D eigenvalue weighted by molar-refractivity contribution is -0.128. The van der Waals surface area contributed by atoms with E-state index in [0.29, 0.717) is 10.8 Å². The smallest absolute Gasteiger partial charge is 0.337 e. The second-order valence-electron chi connectivity index (χ2n) is 3.83. The Balaban J connectivity index is 2.12. The Morgan fingerprint density at radius 2 is 1.86 bits per heavy atom. The molecule has 0 saturated carbocycles. The minimum atomic E-state index is -1.17. The second-order valence-corrected chi connectivity index (χ2v) is 3.83. The van der Waals surface area contributed by atoms with Gasteiger partial charge in [0.05, 0.1) is 6.20 Å². The largest absolute Gasteiger partial charge is 0.423 e. The van der Waals surface area contributed by atoms with Crippen molar-refractivity contribution >= 4 is 12.2 Å². The number of aromatic nitrogens is 2. The van der Waals surface area contributed by atoms with Crippen LogP contribution in [0, 0.1) is 11.6 Å². The molecule has 2 aromatic rings. The maximum atomic E-state index is 13.0. The van der Waals surface area contributed by atoms with Gasteiger partial charge in [-0.2, -0.15) is 4.39 Å². The van der Waals surface area contributed by atoms with E-state index in [2.05, 4.69) is 0 Å². The Morgan fingerprint density at radius 3 is 2.52 bits per heavy atom. The van der Waals surface area contributed by atoms with Crippen molar-refractivity contribution in [2.24, 2.45) is 0 Å². The van der Waals surface area contributed by atoms with Crippen LogP contribution in [0.25, 0.3) is 6.20 Å². The molecule has 0 spiro atoms. The topological polar surface area (TPSA) is 81.2 Å². The zero-order valence-corrected chi connectivity index (χ0v) is 10.4. The van der Waals surface area contributed by atoms with E-state index in [0.717, 1.165) is 24.4 Å². The van der Waals surface area contributed by atoms with Crippen LogP contribution in [-0.2, 0) is 4.79 Å². The lowest BCUT2D eigenvalue weighted by Gasteiger charge is -2.01. The van der Waals surface area contributed by atoms with Crippen molar-refractivity contribution in [1.29, 1.82) is 0 Å². The van der Waals surface area contributed by atoms with Crippen LogP contribution in [0.1, 0.15) is 0 Å². The predicted molar refractivity (Wildman–Crippen MR) is 68.6 cm³/mol. The van der Waals surface area contributed by atoms with Crippen molar-refractivity contribution in [2.45, 2.75) is 0 Å². The van der Waals surface area contributed by atoms with Gasteiger partial charge in [0, 0.05) is 12.3 Å². The van der Waals surface area contributed by atoms with Gasteiger partial charge in [0.25, 0.3) is 5.56 Å². The molecule has 0 saturated heterocycles. The molecule has 0 aliphatic heterocycles. The summed E-state index contributed by atoms with van der Waals surface area (Å²) in [6.07, 6.45) is 2.40. The van der Waals surface area contributed by atoms with E-state index in [1.165, 1.54) is 12.1 Å². The summed E-state index contributed by atoms with van der Waals surface area (Å²) in [4.78, 5) is 35.3. The van der Waals surface area contributed by atoms with Crippen molar-refractivity contribution in [3.8, 4) is 5.75 Å². The van der Waals surface area contributed by atoms with E-state index in [1.807, 2.05) is 0 Å². The van der Waals surface area contributed by atoms with Crippen LogP contribution < -0.4 is 16.0 Å². The van der Waals surface area contributed by atoms with Crippen LogP contribution in [0.2, 0.25) is 0 Å². The van der Waals surface area contributed by atoms with Gasteiger partial charge in [0.15, 0.2) is 0 Å². The fraction of sp³-hybridized carbons (Fsp3) is 0. The molecule has 1 heterocycles. The molecule has 1 aromatic heterocycles. The SMILES string of the molecule is O=C(/C=C/n1cc(F)c(=O)[nH]c1=O)Oc1ccc(F)cc1. The van der Waals surface area contributed by atoms with Gasteiger partial charge < -0.3 is 4.74 Å². The van der Waals surface area contributed by atoms with Gasteiger partial charge in [-0.05, 0) is 24.3 Å². The highest BCUT2D eigenvalue weighted by atomic mass is 19.1. The van der Waals surface area contributed by atoms with Crippen LogP contribution in [0.5, 0.6) is 5.75 Å². The third kappa shape index (κ3) is 3.72. The molecule has 0 bridgehead atoms. The molecular formula is C13H8F2N2O4. The summed E-state index contributed by atoms with van der Waals surface area (Å²) in [5.74, 6) is -2.42. The first kappa shape index (κ1) is 14.4. The van der Waals surface area contributed by atoms with E-state index >= 15 is 0 Å². The summed E-state index contributed by atoms with van der Waals surface area (Å²) in [7, 11) is 0. The maximum Gasteiger partial charge on any atom is 0.337 e. The number of hydrogen-bond acceptors (Lipinski definition) is 4. The van der Waals surface area contributed by atoms with E-state index in [4.69, 9.17) is 4.74 Å². The Bertz CT molecular complexity index is 806. The Morgan fingerprint density at radius 1 is 1.19 bits per heavy atom. The van der Waals surface area contributed by atoms with Gasteiger partial charge in [0.2, 0.25) is 5.82 Å². The van der Waals surface area contributed by atoms with Gasteiger partial charge in [-0.25, -0.2) is 14.0 Å². The first-order valence-electron chi connectivity index (χ1n) is 5.62. The van der Waals surface area contributed by atoms with Crippen LogP contribution in [-0.4, -0.2) is 15.5 Å². The lowest BCUT2D eigenvalue weighted by atomic mass is 10.3. The number of carbonyl (C=O) groups excluding carboxylic acids is 1. The van der Waals surface area contributed by atoms with Crippen LogP contribution in [0.3, 0.4) is 0 Å². The number of nitrogens with one attached hydrogen (secondary N) is 1. The van der Waals surface area contributed by atoms with Crippen LogP contribution in [0.4, 0.5) is 8.78 Å². The molecular weight excluding hydrogens is 286 g/mol. The lowest BCUT2D eigenvalue weighted by Crippen LogP contribution is -2.29. The van der Waals surface area contributed by atoms with E-state index in [9.17, 15) is 23.2 Å². The number of carbonyl (C=O) groups is 1. The monoisotopic (exact) mass is 294 g/mol. The number of H-pyrrole nitrogens is 1. The van der Waals surface area contributed by atoms with Crippen molar-refractivity contribution in [3.63, 3.8) is 0 Å². The average molecular weight is 294 g/mol. The first-order chi connectivity index (χ1) is 9.95. The Kier molecular flexibility index (Phi) is 4.07. The van der Waals surface area contributed by atoms with Crippen LogP contribution in [0.15, 0.2) is 46.1 Å². The normalized spacial score (nSPS) is 10.8. The quantitative estimate of drug-likeness (QED) is 0.518. The minimum Gasteiger partial charge on any atom is -0.423 e. The number of aromatic amines is 1. The molecule has 21 heavy (non-hydrogen) atoms. The van der Waals surface area contributed by atoms with Gasteiger partial charge in [-0.3, -0.25) is 14.3 Å². The number of rotatable bonds is 3. The van der Waals surface area contributed by atoms with Gasteiger partial charge in [-0.1, -0.05) is 0 Å². The van der Waals surface area contributed by atoms with Crippen molar-refractivity contribution in [1.82, 2.24) is 9.55 Å². The second kappa shape index (κ2) is 5.95. The highest BCUT2D eigenvalue weighted by molar-refractivity contribution is 5.86. The van der Waals surface area contributed by atoms with Crippen molar-refractivity contribution < 1.29 is 18.3 Å². The predicted octanol–water partition coefficient (Wildman–Crippen LogP) is 0.891. The zero-order valence-electron chi connectivity index (χ0n) is 10.4. The molecule has 1 aromatic carbocycles. The highest BCUT2D eigenvalue weighted by Crippen LogP contribution is 2.11. The standard InChI is InChI=1S/C13H8F2N2O4/c14-8-1-3-9(4-2-8)21-11(18)5-6-17-7-10(15)12(19)16-13(17)20/h1-7H,(H,16,19,20)/b6-5+. The summed E-state index contributed by atoms with van der Waals surface area (Å²) < 4.78 is 31.1. The molecule has 0 radical (unpaired) electrons. The fourth-order valence-corrected chi connectivity index (χ4v) is 1.37. The average Bonchev–Trinajstić information content (AvgIpc) is 2.44. The first-order valence-corrected chi connectivity index (χ1v) is 5.62. The number of halogens is 2. The number of ether oxygens (including phenoxy) is 1. The maximum absolute atomic E-state index is 13.0. The molecule has 1 N–H and O–H groups in total. The highest BCUT2D eigenvalue weighted by Gasteiger charge is 2.03. The van der Waals surface area contributed by atoms with Gasteiger partial charge in [-0.15, -0.1) is 0 Å². The van der Waals surface area contributed by atoms with E-state index < -0.39 is 28.9 Å². The third-order valence-corrected chi connectivity index (χ3v) is 2.33. The van der Waals surface area contributed by atoms with Crippen LogP contribution >= 0.6 is 0 Å². The molecule has 0 amide bonds. The summed E-state index contributed by atoms with van der Waals surface area (Å²) >= 11 is 0. The molecule has 2 rings (SSSR count). The molecule has 6 nitrogen and oxygen atoms in total. The van der Waals surface area contributed by atoms with Crippen molar-refractivity contribution in [3.05, 3.63) is 69.0 Å². The minimum absolute atomic E-state index is 0.103. The molecule has 0 aliphatic rings. The number of esters is 1. The summed E-state index contributed by atoms with van der Waals surface area (Å²) in [5, 5.41) is 0. The number of nitrogens with zero attached hydrogens (tertiary/aromatic N) is 1. The fourth-order valence-electron chi connectivity index (χ4n) is 1.37. The molecule has 0 unspecified atom stereocenters. The van der Waals surface area contributed by atoms with Gasteiger partial charge in [0.1, 0.15) is 11.6 Å². The summed E-state index contributed by atoms with van der Waals surface area (Å²) in [5.41, 5.74) is -2.06. The molecule has 8 heteroatoms. The van der Waals surface area contributed by atoms with E-state index in [-0.39, 0.29) is 5.75 Å². The molecule has 108 valence electrons. The zero-order chi connectivity index (χ0) is 15.4.